The number of furan rings is 1. The van der Waals surface area contributed by atoms with E-state index in [1.165, 1.54) is 18.4 Å². The van der Waals surface area contributed by atoms with Gasteiger partial charge in [0.2, 0.25) is 0 Å². The summed E-state index contributed by atoms with van der Waals surface area (Å²) in [6, 6.07) is 1.48. The Bertz CT molecular complexity index is 474. The predicted octanol–water partition coefficient (Wildman–Crippen LogP) is 1.42. The van der Waals surface area contributed by atoms with Crippen molar-refractivity contribution in [3.8, 4) is 0 Å². The average Bonchev–Trinajstić information content (AvgIpc) is 2.75. The minimum atomic E-state index is -0.450. The third kappa shape index (κ3) is 1.99. The molecule has 1 aliphatic rings. The van der Waals surface area contributed by atoms with Crippen molar-refractivity contribution in [3.63, 3.8) is 0 Å². The molecule has 1 saturated heterocycles. The van der Waals surface area contributed by atoms with E-state index in [1.54, 1.807) is 0 Å². The molecule has 2 amide bonds. The molecule has 6 heteroatoms. The van der Waals surface area contributed by atoms with Crippen molar-refractivity contribution < 1.29 is 18.8 Å². The van der Waals surface area contributed by atoms with Crippen molar-refractivity contribution >= 4 is 35.3 Å². The zero-order valence-corrected chi connectivity index (χ0v) is 8.17. The summed E-state index contributed by atoms with van der Waals surface area (Å²) in [5, 5.41) is 1.70. The molecule has 76 valence electrons. The van der Waals surface area contributed by atoms with Crippen LogP contribution in [0.5, 0.6) is 0 Å². The SMILES string of the molecule is O=Cc1coc(/C=C2\SC(=O)NC2=O)c1. The van der Waals surface area contributed by atoms with Gasteiger partial charge in [-0.2, -0.15) is 0 Å². The van der Waals surface area contributed by atoms with Gasteiger partial charge in [-0.15, -0.1) is 0 Å². The number of nitrogens with one attached hydrogen (secondary N) is 1. The minimum Gasteiger partial charge on any atom is -0.464 e. The molecule has 0 unspecified atom stereocenters. The van der Waals surface area contributed by atoms with Gasteiger partial charge in [-0.1, -0.05) is 0 Å². The molecule has 15 heavy (non-hydrogen) atoms. The van der Waals surface area contributed by atoms with Crippen molar-refractivity contribution in [2.24, 2.45) is 0 Å². The number of hydrogen-bond acceptors (Lipinski definition) is 5. The summed E-state index contributed by atoms with van der Waals surface area (Å²) in [7, 11) is 0. The van der Waals surface area contributed by atoms with Gasteiger partial charge >= 0.3 is 0 Å². The first-order valence-corrected chi connectivity index (χ1v) is 4.79. The fraction of sp³-hybridized carbons (Fsp3) is 0. The monoisotopic (exact) mass is 223 g/mol. The van der Waals surface area contributed by atoms with Crippen LogP contribution in [0, 0.1) is 0 Å². The van der Waals surface area contributed by atoms with Crippen LogP contribution in [0.4, 0.5) is 4.79 Å². The van der Waals surface area contributed by atoms with Gasteiger partial charge < -0.3 is 4.42 Å². The van der Waals surface area contributed by atoms with Crippen LogP contribution in [-0.2, 0) is 4.79 Å². The van der Waals surface area contributed by atoms with Gasteiger partial charge in [0.1, 0.15) is 12.0 Å². The molecule has 0 radical (unpaired) electrons. The fourth-order valence-corrected chi connectivity index (χ4v) is 1.72. The molecule has 0 bridgehead atoms. The molecule has 0 aromatic carbocycles. The highest BCUT2D eigenvalue weighted by atomic mass is 32.2. The van der Waals surface area contributed by atoms with Crippen molar-refractivity contribution in [1.29, 1.82) is 0 Å². The van der Waals surface area contributed by atoms with E-state index in [-0.39, 0.29) is 4.91 Å². The van der Waals surface area contributed by atoms with E-state index in [4.69, 9.17) is 4.42 Å². The van der Waals surface area contributed by atoms with Gasteiger partial charge in [-0.05, 0) is 17.8 Å². The van der Waals surface area contributed by atoms with E-state index in [0.717, 1.165) is 11.8 Å². The molecule has 2 rings (SSSR count). The van der Waals surface area contributed by atoms with Gasteiger partial charge in [0.25, 0.3) is 11.1 Å². The third-order valence-corrected chi connectivity index (χ3v) is 2.50. The molecule has 1 aromatic heterocycles. The lowest BCUT2D eigenvalue weighted by Crippen LogP contribution is -2.17. The van der Waals surface area contributed by atoms with Gasteiger partial charge in [-0.3, -0.25) is 19.7 Å². The normalized spacial score (nSPS) is 18.3. The van der Waals surface area contributed by atoms with Crippen LogP contribution < -0.4 is 5.32 Å². The van der Waals surface area contributed by atoms with E-state index < -0.39 is 11.1 Å². The second kappa shape index (κ2) is 3.74. The average molecular weight is 223 g/mol. The van der Waals surface area contributed by atoms with Crippen LogP contribution in [0.1, 0.15) is 16.1 Å². The number of aldehydes is 1. The number of rotatable bonds is 2. The molecule has 0 atom stereocenters. The van der Waals surface area contributed by atoms with Crippen molar-refractivity contribution in [2.75, 3.05) is 0 Å². The van der Waals surface area contributed by atoms with Gasteiger partial charge in [-0.25, -0.2) is 0 Å². The molecule has 1 N–H and O–H groups in total. The molecule has 1 fully saturated rings. The Labute approximate surface area is 88.5 Å². The summed E-state index contributed by atoms with van der Waals surface area (Å²) >= 11 is 0.799. The maximum absolute atomic E-state index is 11.1. The third-order valence-electron chi connectivity index (χ3n) is 1.69. The quantitative estimate of drug-likeness (QED) is 0.606. The topological polar surface area (TPSA) is 76.4 Å². The highest BCUT2D eigenvalue weighted by Crippen LogP contribution is 2.25. The maximum Gasteiger partial charge on any atom is 0.290 e. The number of carbonyl (C=O) groups excluding carboxylic acids is 3. The van der Waals surface area contributed by atoms with Crippen LogP contribution in [0.3, 0.4) is 0 Å². The molecule has 1 aromatic rings. The van der Waals surface area contributed by atoms with Crippen LogP contribution >= 0.6 is 11.8 Å². The van der Waals surface area contributed by atoms with E-state index in [2.05, 4.69) is 5.32 Å². The summed E-state index contributed by atoms with van der Waals surface area (Å²) < 4.78 is 4.99. The van der Waals surface area contributed by atoms with Crippen molar-refractivity contribution in [2.45, 2.75) is 0 Å². The second-order valence-electron chi connectivity index (χ2n) is 2.75. The van der Waals surface area contributed by atoms with Crippen LogP contribution in [0.2, 0.25) is 0 Å². The van der Waals surface area contributed by atoms with Gasteiger partial charge in [0.15, 0.2) is 6.29 Å². The van der Waals surface area contributed by atoms with Crippen LogP contribution in [0.15, 0.2) is 21.7 Å². The van der Waals surface area contributed by atoms with Gasteiger partial charge in [0, 0.05) is 6.08 Å². The first kappa shape index (κ1) is 9.72. The standard InChI is InChI=1S/C9H5NO4S/c11-3-5-1-6(14-4-5)2-7-8(12)10-9(13)15-7/h1-4H,(H,10,12,13)/b7-2-. The Kier molecular flexibility index (Phi) is 2.42. The summed E-state index contributed by atoms with van der Waals surface area (Å²) in [6.45, 7) is 0. The fourth-order valence-electron chi connectivity index (χ4n) is 1.06. The number of thioether (sulfide) groups is 1. The van der Waals surface area contributed by atoms with E-state index >= 15 is 0 Å². The smallest absolute Gasteiger partial charge is 0.290 e. The second-order valence-corrected chi connectivity index (χ2v) is 3.77. The number of carbonyl (C=O) groups is 3. The molecular formula is C9H5NO4S. The van der Waals surface area contributed by atoms with Crippen molar-refractivity contribution in [1.82, 2.24) is 5.32 Å². The lowest BCUT2D eigenvalue weighted by molar-refractivity contribution is -0.115. The highest BCUT2D eigenvalue weighted by molar-refractivity contribution is 8.18. The zero-order chi connectivity index (χ0) is 10.8. The van der Waals surface area contributed by atoms with E-state index in [0.29, 0.717) is 17.6 Å². The summed E-state index contributed by atoms with van der Waals surface area (Å²) in [5.41, 5.74) is 0.386. The Morgan fingerprint density at radius 2 is 2.20 bits per heavy atom. The molecule has 0 aliphatic carbocycles. The van der Waals surface area contributed by atoms with E-state index in [9.17, 15) is 14.4 Å². The minimum absolute atomic E-state index is 0.256. The number of amides is 2. The first-order chi connectivity index (χ1) is 7.19. The largest absolute Gasteiger partial charge is 0.464 e. The molecule has 1 aliphatic heterocycles. The van der Waals surface area contributed by atoms with Crippen molar-refractivity contribution in [3.05, 3.63) is 28.6 Å². The lowest BCUT2D eigenvalue weighted by Gasteiger charge is -1.87. The van der Waals surface area contributed by atoms with Crippen LogP contribution in [-0.4, -0.2) is 17.4 Å². The Hall–Kier alpha value is -1.82. The summed E-state index contributed by atoms with van der Waals surface area (Å²) in [6.07, 6.45) is 3.33. The predicted molar refractivity (Wildman–Crippen MR) is 53.2 cm³/mol. The number of hydrogen-bond donors (Lipinski definition) is 1. The zero-order valence-electron chi connectivity index (χ0n) is 7.35. The summed E-state index contributed by atoms with van der Waals surface area (Å²) in [4.78, 5) is 32.6. The lowest BCUT2D eigenvalue weighted by atomic mass is 10.3. The summed E-state index contributed by atoms with van der Waals surface area (Å²) in [5.74, 6) is -0.0847. The molecule has 5 nitrogen and oxygen atoms in total. The molecule has 2 heterocycles. The number of imide groups is 1. The molecule has 0 saturated carbocycles. The van der Waals surface area contributed by atoms with Gasteiger partial charge in [0.05, 0.1) is 10.5 Å². The molecular weight excluding hydrogens is 218 g/mol. The highest BCUT2D eigenvalue weighted by Gasteiger charge is 2.25. The molecule has 0 spiro atoms. The van der Waals surface area contributed by atoms with Crippen LogP contribution in [0.25, 0.3) is 6.08 Å². The van der Waals surface area contributed by atoms with E-state index in [1.807, 2.05) is 0 Å². The Morgan fingerprint density at radius 3 is 2.73 bits per heavy atom. The maximum atomic E-state index is 11.1. The Balaban J connectivity index is 2.26. The first-order valence-electron chi connectivity index (χ1n) is 3.97. The Morgan fingerprint density at radius 1 is 1.40 bits per heavy atom.